The van der Waals surface area contributed by atoms with Gasteiger partial charge in [-0.15, -0.1) is 0 Å². The van der Waals surface area contributed by atoms with Crippen LogP contribution in [0, 0.1) is 0 Å². The van der Waals surface area contributed by atoms with Crippen molar-refractivity contribution in [2.75, 3.05) is 26.4 Å². The molecule has 0 aromatic heterocycles. The molecule has 3 N–H and O–H groups in total. The molecule has 0 bridgehead atoms. The predicted octanol–water partition coefficient (Wildman–Crippen LogP) is 13.2. The number of phosphoric acid groups is 1. The Morgan fingerprint density at radius 2 is 0.891 bits per heavy atom. The van der Waals surface area contributed by atoms with E-state index in [0.717, 1.165) is 51.4 Å². The van der Waals surface area contributed by atoms with Crippen molar-refractivity contribution in [2.24, 2.45) is 5.73 Å². The van der Waals surface area contributed by atoms with Crippen molar-refractivity contribution < 1.29 is 37.6 Å². The average molecular weight is 800 g/mol. The van der Waals surface area contributed by atoms with Gasteiger partial charge in [0, 0.05) is 19.4 Å². The number of nitrogens with two attached hydrogens (primary N) is 1. The number of ether oxygens (including phenoxy) is 2. The first-order chi connectivity index (χ1) is 26.8. The van der Waals surface area contributed by atoms with Crippen molar-refractivity contribution in [1.29, 1.82) is 0 Å². The van der Waals surface area contributed by atoms with Crippen LogP contribution in [0.15, 0.2) is 24.3 Å². The first-order valence-electron chi connectivity index (χ1n) is 22.8. The maximum atomic E-state index is 12.6. The van der Waals surface area contributed by atoms with Gasteiger partial charge in [0.25, 0.3) is 0 Å². The summed E-state index contributed by atoms with van der Waals surface area (Å²) in [6, 6.07) is 0. The number of phosphoric ester groups is 1. The second kappa shape index (κ2) is 42.1. The van der Waals surface area contributed by atoms with Crippen LogP contribution in [0.5, 0.6) is 0 Å². The third-order valence-electron chi connectivity index (χ3n) is 9.81. The van der Waals surface area contributed by atoms with Crippen molar-refractivity contribution in [1.82, 2.24) is 0 Å². The fourth-order valence-electron chi connectivity index (χ4n) is 6.39. The van der Waals surface area contributed by atoms with Gasteiger partial charge in [-0.1, -0.05) is 167 Å². The van der Waals surface area contributed by atoms with Gasteiger partial charge in [-0.2, -0.15) is 0 Å². The number of rotatable bonds is 43. The molecular formula is C45H86NO8P. The number of esters is 2. The first kappa shape index (κ1) is 53.5. The van der Waals surface area contributed by atoms with Gasteiger partial charge in [0.15, 0.2) is 6.10 Å². The Morgan fingerprint density at radius 3 is 1.29 bits per heavy atom. The Labute approximate surface area is 338 Å². The number of carbonyl (C=O) groups is 2. The van der Waals surface area contributed by atoms with E-state index in [0.29, 0.717) is 6.42 Å². The summed E-state index contributed by atoms with van der Waals surface area (Å²) in [6.07, 6.45) is 44.9. The smallest absolute Gasteiger partial charge is 0.462 e. The van der Waals surface area contributed by atoms with Gasteiger partial charge in [-0.3, -0.25) is 18.6 Å². The third kappa shape index (κ3) is 41.9. The molecule has 0 heterocycles. The Kier molecular flexibility index (Phi) is 40.9. The van der Waals surface area contributed by atoms with Gasteiger partial charge < -0.3 is 20.1 Å². The Hall–Kier alpha value is -1.51. The molecule has 0 fully saturated rings. The van der Waals surface area contributed by atoms with Crippen molar-refractivity contribution in [3.63, 3.8) is 0 Å². The van der Waals surface area contributed by atoms with Gasteiger partial charge >= 0.3 is 19.8 Å². The van der Waals surface area contributed by atoms with E-state index in [2.05, 4.69) is 38.2 Å². The molecular weight excluding hydrogens is 713 g/mol. The molecule has 0 aliphatic carbocycles. The van der Waals surface area contributed by atoms with Gasteiger partial charge in [0.2, 0.25) is 0 Å². The number of hydrogen-bond donors (Lipinski definition) is 2. The van der Waals surface area contributed by atoms with E-state index < -0.39 is 26.5 Å². The molecule has 0 aromatic carbocycles. The van der Waals surface area contributed by atoms with Gasteiger partial charge in [-0.25, -0.2) is 4.57 Å². The van der Waals surface area contributed by atoms with Crippen LogP contribution in [0.25, 0.3) is 0 Å². The summed E-state index contributed by atoms with van der Waals surface area (Å²) >= 11 is 0. The summed E-state index contributed by atoms with van der Waals surface area (Å²) in [7, 11) is -4.38. The predicted molar refractivity (Wildman–Crippen MR) is 229 cm³/mol. The molecule has 0 spiro atoms. The highest BCUT2D eigenvalue weighted by Gasteiger charge is 2.26. The topological polar surface area (TPSA) is 134 Å². The van der Waals surface area contributed by atoms with E-state index in [9.17, 15) is 19.0 Å². The average Bonchev–Trinajstić information content (AvgIpc) is 3.17. The quantitative estimate of drug-likeness (QED) is 0.0267. The van der Waals surface area contributed by atoms with Crippen LogP contribution in [-0.4, -0.2) is 49.3 Å². The lowest BCUT2D eigenvalue weighted by Gasteiger charge is -2.19. The van der Waals surface area contributed by atoms with Crippen molar-refractivity contribution in [2.45, 2.75) is 225 Å². The van der Waals surface area contributed by atoms with Crippen LogP contribution in [0.2, 0.25) is 0 Å². The number of allylic oxidation sites excluding steroid dienone is 4. The first-order valence-corrected chi connectivity index (χ1v) is 24.3. The zero-order chi connectivity index (χ0) is 40.3. The molecule has 0 aromatic rings. The second-order valence-corrected chi connectivity index (χ2v) is 16.7. The van der Waals surface area contributed by atoms with Gasteiger partial charge in [0.1, 0.15) is 6.61 Å². The Morgan fingerprint density at radius 1 is 0.527 bits per heavy atom. The normalized spacial score (nSPS) is 13.5. The molecule has 0 rings (SSSR count). The lowest BCUT2D eigenvalue weighted by Crippen LogP contribution is -2.29. The van der Waals surface area contributed by atoms with Crippen LogP contribution >= 0.6 is 7.82 Å². The highest BCUT2D eigenvalue weighted by atomic mass is 31.2. The zero-order valence-corrected chi connectivity index (χ0v) is 36.6. The maximum absolute atomic E-state index is 12.6. The molecule has 0 aliphatic heterocycles. The summed E-state index contributed by atoms with van der Waals surface area (Å²) < 4.78 is 32.8. The minimum Gasteiger partial charge on any atom is -0.462 e. The van der Waals surface area contributed by atoms with E-state index in [1.165, 1.54) is 135 Å². The van der Waals surface area contributed by atoms with Crippen LogP contribution in [0.3, 0.4) is 0 Å². The lowest BCUT2D eigenvalue weighted by molar-refractivity contribution is -0.161. The minimum absolute atomic E-state index is 0.0530. The molecule has 0 amide bonds. The fraction of sp³-hybridized carbons (Fsp3) is 0.867. The molecule has 10 heteroatoms. The Balaban J connectivity index is 4.10. The number of hydrogen-bond acceptors (Lipinski definition) is 8. The molecule has 9 nitrogen and oxygen atoms in total. The molecule has 0 saturated carbocycles. The van der Waals surface area contributed by atoms with E-state index in [4.69, 9.17) is 24.3 Å². The standard InChI is InChI=1S/C45H86NO8P/c1-3-5-7-9-11-13-15-17-19-20-21-22-24-25-27-29-31-33-35-37-44(47)51-41-43(42-53-55(49,50)52-40-39-46)54-45(48)38-36-34-32-30-28-26-23-18-16-14-12-10-8-6-4-2/h17-19,23,43H,3-16,20-22,24-42,46H2,1-2H3,(H,49,50)/b19-17-,23-18-/t43-/m1/s1. The summed E-state index contributed by atoms with van der Waals surface area (Å²) in [5, 5.41) is 0. The SMILES string of the molecule is CCCCCCCC/C=C\CCCCCCCCCCCC(=O)OC[C@H](COP(=O)(O)OCCN)OC(=O)CCCCCCC/C=C\CCCCCCCC. The second-order valence-electron chi connectivity index (χ2n) is 15.3. The monoisotopic (exact) mass is 800 g/mol. The van der Waals surface area contributed by atoms with Crippen molar-refractivity contribution >= 4 is 19.8 Å². The summed E-state index contributed by atoms with van der Waals surface area (Å²) in [6.45, 7) is 3.73. The summed E-state index contributed by atoms with van der Waals surface area (Å²) in [5.41, 5.74) is 5.35. The molecule has 1 unspecified atom stereocenters. The minimum atomic E-state index is -4.38. The maximum Gasteiger partial charge on any atom is 0.472 e. The number of unbranched alkanes of at least 4 members (excludes halogenated alkanes) is 26. The highest BCUT2D eigenvalue weighted by Crippen LogP contribution is 2.43. The van der Waals surface area contributed by atoms with Crippen LogP contribution in [0.1, 0.15) is 219 Å². The molecule has 55 heavy (non-hydrogen) atoms. The molecule has 324 valence electrons. The van der Waals surface area contributed by atoms with E-state index in [-0.39, 0.29) is 38.6 Å². The van der Waals surface area contributed by atoms with E-state index >= 15 is 0 Å². The molecule has 0 aliphatic rings. The van der Waals surface area contributed by atoms with E-state index in [1.807, 2.05) is 0 Å². The van der Waals surface area contributed by atoms with Crippen molar-refractivity contribution in [3.05, 3.63) is 24.3 Å². The van der Waals surface area contributed by atoms with Crippen LogP contribution in [0.4, 0.5) is 0 Å². The number of carbonyl (C=O) groups excluding carboxylic acids is 2. The Bertz CT molecular complexity index is 959. The highest BCUT2D eigenvalue weighted by molar-refractivity contribution is 7.47. The lowest BCUT2D eigenvalue weighted by atomic mass is 10.1. The molecule has 0 saturated heterocycles. The van der Waals surface area contributed by atoms with Crippen molar-refractivity contribution in [3.8, 4) is 0 Å². The third-order valence-corrected chi connectivity index (χ3v) is 10.8. The zero-order valence-electron chi connectivity index (χ0n) is 35.7. The molecule has 0 radical (unpaired) electrons. The van der Waals surface area contributed by atoms with E-state index in [1.54, 1.807) is 0 Å². The van der Waals surface area contributed by atoms with Crippen LogP contribution < -0.4 is 5.73 Å². The van der Waals surface area contributed by atoms with Crippen LogP contribution in [-0.2, 0) is 32.7 Å². The van der Waals surface area contributed by atoms with Gasteiger partial charge in [-0.05, 0) is 64.2 Å². The summed E-state index contributed by atoms with van der Waals surface area (Å²) in [4.78, 5) is 34.9. The molecule has 2 atom stereocenters. The largest absolute Gasteiger partial charge is 0.472 e. The fourth-order valence-corrected chi connectivity index (χ4v) is 7.15. The summed E-state index contributed by atoms with van der Waals surface area (Å²) in [5.74, 6) is -0.834. The van der Waals surface area contributed by atoms with Gasteiger partial charge in [0.05, 0.1) is 13.2 Å².